The van der Waals surface area contributed by atoms with Crippen molar-refractivity contribution in [3.8, 4) is 0 Å². The van der Waals surface area contributed by atoms with Crippen LogP contribution in [0.2, 0.25) is 13.1 Å². The van der Waals surface area contributed by atoms with Crippen LogP contribution in [0.15, 0.2) is 12.1 Å². The Labute approximate surface area is 142 Å². The molecule has 1 atom stereocenters. The fraction of sp³-hybridized carbons (Fsp3) is 0.700. The molecule has 0 saturated heterocycles. The van der Waals surface area contributed by atoms with E-state index in [1.54, 1.807) is 16.4 Å². The van der Waals surface area contributed by atoms with Crippen molar-refractivity contribution >= 4 is 21.9 Å². The minimum absolute atomic E-state index is 0.202. The highest BCUT2D eigenvalue weighted by molar-refractivity contribution is 7.81. The van der Waals surface area contributed by atoms with E-state index >= 15 is 0 Å². The Morgan fingerprint density at radius 2 is 1.05 bits per heavy atom. The summed E-state index contributed by atoms with van der Waals surface area (Å²) < 4.78 is 0. The van der Waals surface area contributed by atoms with Crippen LogP contribution >= 0.6 is 8.13 Å². The molecule has 0 aliphatic carbocycles. The van der Waals surface area contributed by atoms with Crippen molar-refractivity contribution in [3.05, 3.63) is 28.8 Å². The van der Waals surface area contributed by atoms with Crippen LogP contribution < -0.4 is 5.30 Å². The summed E-state index contributed by atoms with van der Waals surface area (Å²) in [7, 11) is 0.717. The van der Waals surface area contributed by atoms with Crippen LogP contribution in [-0.4, -0.2) is 8.46 Å². The molecule has 1 unspecified atom stereocenters. The second-order valence-electron chi connectivity index (χ2n) is 9.82. The van der Waals surface area contributed by atoms with Gasteiger partial charge in [-0.05, 0) is 38.2 Å². The quantitative estimate of drug-likeness (QED) is 0.450. The van der Waals surface area contributed by atoms with Gasteiger partial charge in [-0.3, -0.25) is 0 Å². The second kappa shape index (κ2) is 6.40. The molecule has 0 aliphatic rings. The Bertz CT molecular complexity index is 487. The third kappa shape index (κ3) is 4.93. The maximum Gasteiger partial charge on any atom is 0.0752 e. The van der Waals surface area contributed by atoms with Gasteiger partial charge in [-0.15, -0.1) is 8.13 Å². The molecule has 2 heteroatoms. The highest BCUT2D eigenvalue weighted by atomic mass is 31.3. The lowest BCUT2D eigenvalue weighted by Crippen LogP contribution is -2.31. The van der Waals surface area contributed by atoms with Gasteiger partial charge < -0.3 is 0 Å². The summed E-state index contributed by atoms with van der Waals surface area (Å²) in [5, 5.41) is 1.66. The van der Waals surface area contributed by atoms with Gasteiger partial charge in [-0.2, -0.15) is 0 Å². The van der Waals surface area contributed by atoms with Crippen LogP contribution in [0.4, 0.5) is 0 Å². The van der Waals surface area contributed by atoms with Gasteiger partial charge in [0.2, 0.25) is 0 Å². The average molecular weight is 336 g/mol. The summed E-state index contributed by atoms with van der Waals surface area (Å²) in [6, 6.07) is 5.00. The fourth-order valence-corrected chi connectivity index (χ4v) is 6.61. The summed E-state index contributed by atoms with van der Waals surface area (Å²) in [6.07, 6.45) is 0. The lowest BCUT2D eigenvalue weighted by molar-refractivity contribution is 0.554. The van der Waals surface area contributed by atoms with Crippen LogP contribution in [0, 0.1) is 0 Å². The molecular weight excluding hydrogens is 299 g/mol. The predicted octanol–water partition coefficient (Wildman–Crippen LogP) is 6.13. The topological polar surface area (TPSA) is 0 Å². The lowest BCUT2D eigenvalue weighted by atomic mass is 9.75. The number of hydrogen-bond acceptors (Lipinski definition) is 0. The minimum atomic E-state index is -0.270. The Kier molecular flexibility index (Phi) is 5.79. The summed E-state index contributed by atoms with van der Waals surface area (Å²) in [5.41, 5.74) is 5.26. The molecule has 1 rings (SSSR count). The van der Waals surface area contributed by atoms with Gasteiger partial charge in [-0.1, -0.05) is 87.5 Å². The summed E-state index contributed by atoms with van der Waals surface area (Å²) >= 11 is 0. The molecule has 1 aromatic rings. The number of benzene rings is 1. The van der Waals surface area contributed by atoms with Gasteiger partial charge in [0, 0.05) is 0 Å². The van der Waals surface area contributed by atoms with Crippen LogP contribution in [0.5, 0.6) is 0 Å². The third-order valence-corrected chi connectivity index (χ3v) is 7.53. The first-order valence-electron chi connectivity index (χ1n) is 8.40. The fourth-order valence-electron chi connectivity index (χ4n) is 2.64. The van der Waals surface area contributed by atoms with Gasteiger partial charge in [0.25, 0.3) is 0 Å². The van der Waals surface area contributed by atoms with E-state index in [0.717, 1.165) is 8.13 Å². The van der Waals surface area contributed by atoms with Gasteiger partial charge in [0.15, 0.2) is 0 Å². The molecule has 0 N–H and O–H groups in total. The van der Waals surface area contributed by atoms with Crippen molar-refractivity contribution in [1.29, 1.82) is 0 Å². The van der Waals surface area contributed by atoms with Gasteiger partial charge in [-0.25, -0.2) is 0 Å². The molecule has 0 bridgehead atoms. The van der Waals surface area contributed by atoms with Crippen LogP contribution in [0.1, 0.15) is 79.0 Å². The second-order valence-corrected chi connectivity index (χ2v) is 16.3. The zero-order valence-electron chi connectivity index (χ0n) is 16.7. The van der Waals surface area contributed by atoms with Gasteiger partial charge in [0.05, 0.1) is 8.46 Å². The average Bonchev–Trinajstić information content (AvgIpc) is 2.23. The monoisotopic (exact) mass is 335 g/mol. The van der Waals surface area contributed by atoms with Gasteiger partial charge in [0.1, 0.15) is 0 Å². The smallest absolute Gasteiger partial charge is 0.0752 e. The summed E-state index contributed by atoms with van der Waals surface area (Å²) in [6.45, 7) is 26.1. The molecule has 0 heterocycles. The standard InChI is InChI=1S/C20H36PSi/c1-18(2,3)14-12-15(19(4,5)6)17(21-22(10)11)16(13-14)20(7,8)9/h12-13,21H,1-11H3. The summed E-state index contributed by atoms with van der Waals surface area (Å²) in [5.74, 6) is 0. The molecule has 1 radical (unpaired) electrons. The predicted molar refractivity (Wildman–Crippen MR) is 108 cm³/mol. The first-order valence-corrected chi connectivity index (χ1v) is 12.9. The first-order chi connectivity index (χ1) is 9.64. The van der Waals surface area contributed by atoms with E-state index in [0.29, 0.717) is 0 Å². The Balaban J connectivity index is 3.78. The van der Waals surface area contributed by atoms with E-state index in [1.807, 2.05) is 0 Å². The van der Waals surface area contributed by atoms with E-state index < -0.39 is 0 Å². The molecule has 0 aromatic heterocycles. The molecule has 22 heavy (non-hydrogen) atoms. The Hall–Kier alpha value is -0.133. The maximum atomic E-state index is 2.50. The van der Waals surface area contributed by atoms with Crippen LogP contribution in [-0.2, 0) is 16.2 Å². The highest BCUT2D eigenvalue weighted by Gasteiger charge is 2.29. The first kappa shape index (κ1) is 19.9. The lowest BCUT2D eigenvalue weighted by Gasteiger charge is -2.34. The molecule has 0 nitrogen and oxygen atoms in total. The third-order valence-electron chi connectivity index (χ3n) is 4.00. The van der Waals surface area contributed by atoms with Crippen molar-refractivity contribution in [2.24, 2.45) is 0 Å². The zero-order chi connectivity index (χ0) is 17.5. The molecule has 1 aromatic carbocycles. The maximum absolute atomic E-state index is 2.50. The number of rotatable bonds is 2. The number of hydrogen-bond donors (Lipinski definition) is 0. The molecule has 0 spiro atoms. The van der Waals surface area contributed by atoms with Crippen LogP contribution in [0.25, 0.3) is 0 Å². The SMILES string of the molecule is C[Si](C)Pc1c(C(C)(C)C)cc(C(C)(C)C)cc1C(C)(C)C. The van der Waals surface area contributed by atoms with Crippen molar-refractivity contribution in [3.63, 3.8) is 0 Å². The van der Waals surface area contributed by atoms with E-state index in [2.05, 4.69) is 87.5 Å². The molecule has 0 aliphatic heterocycles. The zero-order valence-corrected chi connectivity index (χ0v) is 18.7. The largest absolute Gasteiger partial charge is 0.104 e. The van der Waals surface area contributed by atoms with Crippen molar-refractivity contribution in [2.75, 3.05) is 0 Å². The normalized spacial score (nSPS) is 14.4. The molecule has 0 amide bonds. The van der Waals surface area contributed by atoms with E-state index in [-0.39, 0.29) is 24.7 Å². The minimum Gasteiger partial charge on any atom is -0.104 e. The van der Waals surface area contributed by atoms with Crippen LogP contribution in [0.3, 0.4) is 0 Å². The molecule has 0 fully saturated rings. The van der Waals surface area contributed by atoms with E-state index in [4.69, 9.17) is 0 Å². The molecule has 125 valence electrons. The van der Waals surface area contributed by atoms with Gasteiger partial charge >= 0.3 is 0 Å². The van der Waals surface area contributed by atoms with Crippen molar-refractivity contribution in [1.82, 2.24) is 0 Å². The Morgan fingerprint density at radius 1 is 0.682 bits per heavy atom. The highest BCUT2D eigenvalue weighted by Crippen LogP contribution is 2.37. The Morgan fingerprint density at radius 3 is 1.27 bits per heavy atom. The summed E-state index contributed by atoms with van der Waals surface area (Å²) in [4.78, 5) is 0. The van der Waals surface area contributed by atoms with Crippen molar-refractivity contribution in [2.45, 2.75) is 91.7 Å². The van der Waals surface area contributed by atoms with E-state index in [1.165, 1.54) is 5.56 Å². The molecule has 0 saturated carbocycles. The van der Waals surface area contributed by atoms with E-state index in [9.17, 15) is 0 Å². The van der Waals surface area contributed by atoms with Crippen molar-refractivity contribution < 1.29 is 0 Å². The molecular formula is C20H36PSi.